The van der Waals surface area contributed by atoms with Gasteiger partial charge in [0.2, 0.25) is 5.91 Å². The molecule has 1 aromatic carbocycles. The van der Waals surface area contributed by atoms with Gasteiger partial charge in [-0.25, -0.2) is 0 Å². The normalized spacial score (nSPS) is 21.9. The molecule has 1 aliphatic rings. The van der Waals surface area contributed by atoms with E-state index in [0.29, 0.717) is 6.54 Å². The Kier molecular flexibility index (Phi) is 4.59. The van der Waals surface area contributed by atoms with E-state index in [9.17, 15) is 4.79 Å². The van der Waals surface area contributed by atoms with E-state index in [1.807, 2.05) is 30.3 Å². The number of carbonyl (C=O) groups excluding carboxylic acids is 1. The Labute approximate surface area is 131 Å². The number of likely N-dealkylation sites (tertiary alicyclic amines) is 1. The number of amides is 1. The molecule has 4 nitrogen and oxygen atoms in total. The Bertz CT molecular complexity index is 595. The summed E-state index contributed by atoms with van der Waals surface area (Å²) in [5.41, 5.74) is 1.25. The van der Waals surface area contributed by atoms with Crippen LogP contribution < -0.4 is 5.32 Å². The molecule has 0 bridgehead atoms. The average Bonchev–Trinajstić information content (AvgIpc) is 3.17. The summed E-state index contributed by atoms with van der Waals surface area (Å²) in [5.74, 6) is 1.34. The van der Waals surface area contributed by atoms with Crippen LogP contribution in [0.1, 0.15) is 17.2 Å². The zero-order chi connectivity index (χ0) is 15.4. The molecule has 0 radical (unpaired) electrons. The molecule has 2 atom stereocenters. The Morgan fingerprint density at radius 2 is 2.05 bits per heavy atom. The van der Waals surface area contributed by atoms with Gasteiger partial charge in [-0.3, -0.25) is 4.79 Å². The maximum atomic E-state index is 12.5. The number of nitrogens with one attached hydrogen (secondary N) is 1. The number of benzene rings is 1. The van der Waals surface area contributed by atoms with Crippen LogP contribution in [0.15, 0.2) is 53.1 Å². The van der Waals surface area contributed by atoms with Gasteiger partial charge in [-0.15, -0.1) is 0 Å². The molecule has 116 valence electrons. The second kappa shape index (κ2) is 6.79. The minimum Gasteiger partial charge on any atom is -0.469 e. The lowest BCUT2D eigenvalue weighted by Crippen LogP contribution is -2.35. The van der Waals surface area contributed by atoms with Crippen molar-refractivity contribution >= 4 is 5.91 Å². The Balaban J connectivity index is 1.60. The number of carbonyl (C=O) groups is 1. The van der Waals surface area contributed by atoms with E-state index in [1.165, 1.54) is 5.56 Å². The van der Waals surface area contributed by atoms with Crippen molar-refractivity contribution in [2.45, 2.75) is 12.3 Å². The fourth-order valence-electron chi connectivity index (χ4n) is 3.20. The molecular formula is C18H22N2O2. The monoisotopic (exact) mass is 298 g/mol. The van der Waals surface area contributed by atoms with Crippen molar-refractivity contribution in [3.63, 3.8) is 0 Å². The average molecular weight is 298 g/mol. The summed E-state index contributed by atoms with van der Waals surface area (Å²) in [5, 5.41) is 3.06. The molecule has 4 heteroatoms. The van der Waals surface area contributed by atoms with Crippen LogP contribution in [0.2, 0.25) is 0 Å². The molecule has 2 aromatic rings. The van der Waals surface area contributed by atoms with Gasteiger partial charge in [-0.1, -0.05) is 30.3 Å². The molecule has 1 N–H and O–H groups in total. The van der Waals surface area contributed by atoms with Gasteiger partial charge >= 0.3 is 0 Å². The largest absolute Gasteiger partial charge is 0.469 e. The van der Waals surface area contributed by atoms with Crippen molar-refractivity contribution < 1.29 is 9.21 Å². The molecule has 0 aliphatic carbocycles. The van der Waals surface area contributed by atoms with Crippen LogP contribution in [0, 0.1) is 5.92 Å². The van der Waals surface area contributed by atoms with Gasteiger partial charge in [0.05, 0.1) is 12.2 Å². The molecule has 2 heterocycles. The van der Waals surface area contributed by atoms with Crippen LogP contribution in [-0.2, 0) is 11.2 Å². The second-order valence-corrected chi connectivity index (χ2v) is 5.97. The zero-order valence-electron chi connectivity index (χ0n) is 12.9. The molecule has 1 amide bonds. The first-order valence-electron chi connectivity index (χ1n) is 7.77. The lowest BCUT2D eigenvalue weighted by Gasteiger charge is -2.18. The molecule has 1 fully saturated rings. The van der Waals surface area contributed by atoms with E-state index in [1.54, 1.807) is 6.26 Å². The van der Waals surface area contributed by atoms with Gasteiger partial charge in [0, 0.05) is 32.0 Å². The van der Waals surface area contributed by atoms with Gasteiger partial charge in [-0.2, -0.15) is 0 Å². The molecule has 22 heavy (non-hydrogen) atoms. The Morgan fingerprint density at radius 1 is 1.23 bits per heavy atom. The van der Waals surface area contributed by atoms with E-state index in [-0.39, 0.29) is 17.7 Å². The number of likely N-dealkylation sites (N-methyl/N-ethyl adjacent to an activating group) is 1. The van der Waals surface area contributed by atoms with E-state index in [4.69, 9.17) is 4.42 Å². The van der Waals surface area contributed by atoms with Crippen LogP contribution in [0.5, 0.6) is 0 Å². The highest BCUT2D eigenvalue weighted by Gasteiger charge is 2.36. The maximum Gasteiger partial charge on any atom is 0.225 e. The SMILES string of the molecule is CN1C[C@H](C(=O)NCCc2ccco2)[C@H](c2ccccc2)C1. The summed E-state index contributed by atoms with van der Waals surface area (Å²) in [6, 6.07) is 14.1. The highest BCUT2D eigenvalue weighted by molar-refractivity contribution is 5.80. The van der Waals surface area contributed by atoms with Gasteiger partial charge in [0.15, 0.2) is 0 Å². The standard InChI is InChI=1S/C18H22N2O2/c1-20-12-16(14-6-3-2-4-7-14)17(13-20)18(21)19-10-9-15-8-5-11-22-15/h2-8,11,16-17H,9-10,12-13H2,1H3,(H,19,21)/t16-,17-/m0/s1. The van der Waals surface area contributed by atoms with Crippen molar-refractivity contribution in [2.24, 2.45) is 5.92 Å². The first kappa shape index (κ1) is 14.9. The summed E-state index contributed by atoms with van der Waals surface area (Å²) >= 11 is 0. The number of hydrogen-bond acceptors (Lipinski definition) is 3. The molecule has 0 saturated carbocycles. The van der Waals surface area contributed by atoms with Crippen LogP contribution >= 0.6 is 0 Å². The summed E-state index contributed by atoms with van der Waals surface area (Å²) < 4.78 is 5.29. The minimum atomic E-state index is 0.0176. The van der Waals surface area contributed by atoms with Gasteiger partial charge < -0.3 is 14.6 Å². The molecule has 1 saturated heterocycles. The summed E-state index contributed by atoms with van der Waals surface area (Å²) in [4.78, 5) is 14.8. The lowest BCUT2D eigenvalue weighted by atomic mass is 9.88. The van der Waals surface area contributed by atoms with Gasteiger partial charge in [0.1, 0.15) is 5.76 Å². The molecule has 0 unspecified atom stereocenters. The number of nitrogens with zero attached hydrogens (tertiary/aromatic N) is 1. The van der Waals surface area contributed by atoms with E-state index in [0.717, 1.165) is 25.3 Å². The third-order valence-electron chi connectivity index (χ3n) is 4.32. The number of furan rings is 1. The zero-order valence-corrected chi connectivity index (χ0v) is 12.9. The maximum absolute atomic E-state index is 12.5. The smallest absolute Gasteiger partial charge is 0.225 e. The molecule has 1 aromatic heterocycles. The summed E-state index contributed by atoms with van der Waals surface area (Å²) in [6.07, 6.45) is 2.39. The molecule has 0 spiro atoms. The Hall–Kier alpha value is -2.07. The van der Waals surface area contributed by atoms with Gasteiger partial charge in [-0.05, 0) is 24.7 Å². The van der Waals surface area contributed by atoms with E-state index < -0.39 is 0 Å². The second-order valence-electron chi connectivity index (χ2n) is 5.97. The highest BCUT2D eigenvalue weighted by atomic mass is 16.3. The first-order chi connectivity index (χ1) is 10.7. The summed E-state index contributed by atoms with van der Waals surface area (Å²) in [7, 11) is 2.08. The lowest BCUT2D eigenvalue weighted by molar-refractivity contribution is -0.124. The van der Waals surface area contributed by atoms with Crippen molar-refractivity contribution in [3.05, 3.63) is 60.1 Å². The van der Waals surface area contributed by atoms with Crippen LogP contribution in [-0.4, -0.2) is 37.5 Å². The molecule has 3 rings (SSSR count). The topological polar surface area (TPSA) is 45.5 Å². The van der Waals surface area contributed by atoms with Crippen molar-refractivity contribution in [1.29, 1.82) is 0 Å². The fraction of sp³-hybridized carbons (Fsp3) is 0.389. The van der Waals surface area contributed by atoms with Gasteiger partial charge in [0.25, 0.3) is 0 Å². The highest BCUT2D eigenvalue weighted by Crippen LogP contribution is 2.31. The third kappa shape index (κ3) is 3.39. The van der Waals surface area contributed by atoms with Crippen LogP contribution in [0.3, 0.4) is 0 Å². The predicted molar refractivity (Wildman–Crippen MR) is 85.6 cm³/mol. The predicted octanol–water partition coefficient (Wildman–Crippen LogP) is 2.28. The quantitative estimate of drug-likeness (QED) is 0.921. The van der Waals surface area contributed by atoms with Crippen molar-refractivity contribution in [2.75, 3.05) is 26.7 Å². The molecule has 1 aliphatic heterocycles. The third-order valence-corrected chi connectivity index (χ3v) is 4.32. The molecular weight excluding hydrogens is 276 g/mol. The summed E-state index contributed by atoms with van der Waals surface area (Å²) in [6.45, 7) is 2.36. The van der Waals surface area contributed by atoms with Crippen molar-refractivity contribution in [1.82, 2.24) is 10.2 Å². The minimum absolute atomic E-state index is 0.0176. The van der Waals surface area contributed by atoms with E-state index >= 15 is 0 Å². The first-order valence-corrected chi connectivity index (χ1v) is 7.77. The van der Waals surface area contributed by atoms with Crippen LogP contribution in [0.25, 0.3) is 0 Å². The number of rotatable bonds is 5. The van der Waals surface area contributed by atoms with E-state index in [2.05, 4.69) is 29.4 Å². The van der Waals surface area contributed by atoms with Crippen molar-refractivity contribution in [3.8, 4) is 0 Å². The fourth-order valence-corrected chi connectivity index (χ4v) is 3.20. The number of hydrogen-bond donors (Lipinski definition) is 1. The Morgan fingerprint density at radius 3 is 2.77 bits per heavy atom. The van der Waals surface area contributed by atoms with Crippen LogP contribution in [0.4, 0.5) is 0 Å².